The molecule has 3 amide bonds. The number of esters is 1. The van der Waals surface area contributed by atoms with Crippen LogP contribution in [0.4, 0.5) is 5.69 Å². The zero-order valence-corrected chi connectivity index (χ0v) is 18.8. The lowest BCUT2D eigenvalue weighted by atomic mass is 10.0. The van der Waals surface area contributed by atoms with Crippen molar-refractivity contribution in [2.75, 3.05) is 11.9 Å². The predicted octanol–water partition coefficient (Wildman–Crippen LogP) is 2.25. The average molecular weight is 484 g/mol. The Morgan fingerprint density at radius 2 is 1.47 bits per heavy atom. The van der Waals surface area contributed by atoms with E-state index in [-0.39, 0.29) is 23.2 Å². The highest BCUT2D eigenvalue weighted by Gasteiger charge is 2.43. The van der Waals surface area contributed by atoms with E-state index in [4.69, 9.17) is 4.74 Å². The van der Waals surface area contributed by atoms with Crippen LogP contribution in [0.1, 0.15) is 26.3 Å². The van der Waals surface area contributed by atoms with Crippen LogP contribution in [-0.4, -0.2) is 51.2 Å². The number of anilines is 1. The van der Waals surface area contributed by atoms with Gasteiger partial charge in [0.05, 0.1) is 22.2 Å². The minimum atomic E-state index is -1.26. The number of benzene rings is 3. The van der Waals surface area contributed by atoms with Crippen molar-refractivity contribution in [1.82, 2.24) is 14.9 Å². The Kier molecular flexibility index (Phi) is 5.91. The van der Waals surface area contributed by atoms with Gasteiger partial charge in [-0.15, -0.1) is 0 Å². The Bertz CT molecular complexity index is 1520. The van der Waals surface area contributed by atoms with E-state index in [0.717, 1.165) is 4.90 Å². The molecule has 0 unspecified atom stereocenters. The third kappa shape index (κ3) is 4.39. The van der Waals surface area contributed by atoms with Crippen LogP contribution in [0.2, 0.25) is 0 Å². The summed E-state index contributed by atoms with van der Waals surface area (Å²) < 4.78 is 5.25. The number of H-pyrrole nitrogens is 2. The Hall–Kier alpha value is -4.99. The first-order chi connectivity index (χ1) is 17.4. The SMILES string of the molecule is O=C(COC(=O)[C@@H](Cc1ccccc1)N1C(=O)c2ccccc2C1=O)Nc1ccc2[nH]c(=O)[nH]c2c1. The average Bonchev–Trinajstić information content (AvgIpc) is 3.37. The van der Waals surface area contributed by atoms with E-state index in [2.05, 4.69) is 15.3 Å². The van der Waals surface area contributed by atoms with Crippen molar-refractivity contribution in [3.63, 3.8) is 0 Å². The Morgan fingerprint density at radius 1 is 0.833 bits per heavy atom. The lowest BCUT2D eigenvalue weighted by molar-refractivity contribution is -0.151. The predicted molar refractivity (Wildman–Crippen MR) is 129 cm³/mol. The van der Waals surface area contributed by atoms with Crippen LogP contribution >= 0.6 is 0 Å². The van der Waals surface area contributed by atoms with Gasteiger partial charge in [0.15, 0.2) is 6.61 Å². The molecule has 0 spiro atoms. The van der Waals surface area contributed by atoms with Gasteiger partial charge in [0.25, 0.3) is 17.7 Å². The number of nitrogens with one attached hydrogen (secondary N) is 3. The van der Waals surface area contributed by atoms with E-state index in [1.165, 1.54) is 12.1 Å². The first-order valence-electron chi connectivity index (χ1n) is 11.1. The van der Waals surface area contributed by atoms with E-state index in [1.807, 2.05) is 6.07 Å². The number of imidazole rings is 1. The smallest absolute Gasteiger partial charge is 0.330 e. The molecule has 10 nitrogen and oxygen atoms in total. The Balaban J connectivity index is 1.31. The molecule has 0 saturated carbocycles. The van der Waals surface area contributed by atoms with Crippen LogP contribution in [0.25, 0.3) is 11.0 Å². The standard InChI is InChI=1S/C26H20N4O6/c31-22(27-16-10-11-19-20(13-16)29-26(35)28-19)14-36-25(34)21(12-15-6-2-1-3-7-15)30-23(32)17-8-4-5-9-18(17)24(30)33/h1-11,13,21H,12,14H2,(H,27,31)(H2,28,29,35)/t21-/m1/s1. The van der Waals surface area contributed by atoms with Crippen molar-refractivity contribution in [2.24, 2.45) is 0 Å². The van der Waals surface area contributed by atoms with E-state index < -0.39 is 36.3 Å². The maximum Gasteiger partial charge on any atom is 0.330 e. The minimum Gasteiger partial charge on any atom is -0.454 e. The molecule has 1 aliphatic rings. The van der Waals surface area contributed by atoms with Crippen molar-refractivity contribution in [2.45, 2.75) is 12.5 Å². The molecular formula is C26H20N4O6. The van der Waals surface area contributed by atoms with Crippen molar-refractivity contribution < 1.29 is 23.9 Å². The molecule has 180 valence electrons. The summed E-state index contributed by atoms with van der Waals surface area (Å²) in [5.74, 6) is -2.69. The number of carbonyl (C=O) groups excluding carboxylic acids is 4. The molecule has 2 heterocycles. The molecule has 1 aliphatic heterocycles. The maximum absolute atomic E-state index is 13.1. The highest BCUT2D eigenvalue weighted by molar-refractivity contribution is 6.22. The summed E-state index contributed by atoms with van der Waals surface area (Å²) in [6.07, 6.45) is 0.0320. The molecule has 1 atom stereocenters. The van der Waals surface area contributed by atoms with Crippen molar-refractivity contribution in [3.8, 4) is 0 Å². The molecular weight excluding hydrogens is 464 g/mol. The summed E-state index contributed by atoms with van der Waals surface area (Å²) in [5.41, 5.74) is 2.24. The van der Waals surface area contributed by atoms with E-state index in [9.17, 15) is 24.0 Å². The molecule has 0 bridgehead atoms. The zero-order valence-electron chi connectivity index (χ0n) is 18.8. The van der Waals surface area contributed by atoms with Crippen LogP contribution in [0.5, 0.6) is 0 Å². The summed E-state index contributed by atoms with van der Waals surface area (Å²) in [6.45, 7) is -0.630. The number of fused-ring (bicyclic) bond motifs is 2. The number of aromatic amines is 2. The van der Waals surface area contributed by atoms with E-state index in [1.54, 1.807) is 54.6 Å². The molecule has 3 aromatic carbocycles. The first kappa shape index (κ1) is 22.8. The quantitative estimate of drug-likeness (QED) is 0.271. The second-order valence-corrected chi connectivity index (χ2v) is 8.23. The van der Waals surface area contributed by atoms with E-state index >= 15 is 0 Å². The highest BCUT2D eigenvalue weighted by Crippen LogP contribution is 2.26. The maximum atomic E-state index is 13.1. The second kappa shape index (κ2) is 9.34. The summed E-state index contributed by atoms with van der Waals surface area (Å²) in [6, 6.07) is 18.8. The summed E-state index contributed by atoms with van der Waals surface area (Å²) in [7, 11) is 0. The molecule has 10 heteroatoms. The van der Waals surface area contributed by atoms with Gasteiger partial charge in [-0.3, -0.25) is 19.3 Å². The number of carbonyl (C=O) groups is 4. The lowest BCUT2D eigenvalue weighted by Crippen LogP contribution is -2.47. The fourth-order valence-corrected chi connectivity index (χ4v) is 4.15. The number of ether oxygens (including phenoxy) is 1. The number of aromatic nitrogens is 2. The fraction of sp³-hybridized carbons (Fsp3) is 0.115. The molecule has 0 fully saturated rings. The number of imide groups is 1. The van der Waals surface area contributed by atoms with Crippen LogP contribution in [0, 0.1) is 0 Å². The van der Waals surface area contributed by atoms with Crippen molar-refractivity contribution in [1.29, 1.82) is 0 Å². The summed E-state index contributed by atoms with van der Waals surface area (Å²) in [4.78, 5) is 69.1. The molecule has 4 aromatic rings. The van der Waals surface area contributed by atoms with Gasteiger partial charge in [-0.2, -0.15) is 0 Å². The minimum absolute atomic E-state index is 0.0320. The van der Waals surface area contributed by atoms with Gasteiger partial charge >= 0.3 is 11.7 Å². The first-order valence-corrected chi connectivity index (χ1v) is 11.1. The summed E-state index contributed by atoms with van der Waals surface area (Å²) >= 11 is 0. The molecule has 0 saturated heterocycles. The number of hydrogen-bond acceptors (Lipinski definition) is 6. The fourth-order valence-electron chi connectivity index (χ4n) is 4.15. The van der Waals surface area contributed by atoms with Gasteiger partial charge in [-0.25, -0.2) is 9.59 Å². The van der Waals surface area contributed by atoms with Crippen LogP contribution in [0.3, 0.4) is 0 Å². The van der Waals surface area contributed by atoms with Crippen LogP contribution in [-0.2, 0) is 20.7 Å². The number of nitrogens with zero attached hydrogens (tertiary/aromatic N) is 1. The molecule has 5 rings (SSSR count). The van der Waals surface area contributed by atoms with Crippen LogP contribution in [0.15, 0.2) is 77.6 Å². The molecule has 3 N–H and O–H groups in total. The van der Waals surface area contributed by atoms with Crippen LogP contribution < -0.4 is 11.0 Å². The van der Waals surface area contributed by atoms with Gasteiger partial charge < -0.3 is 20.0 Å². The van der Waals surface area contributed by atoms with Gasteiger partial charge in [-0.05, 0) is 35.9 Å². The monoisotopic (exact) mass is 484 g/mol. The van der Waals surface area contributed by atoms with Crippen molar-refractivity contribution >= 4 is 40.4 Å². The molecule has 1 aromatic heterocycles. The molecule has 0 aliphatic carbocycles. The van der Waals surface area contributed by atoms with Gasteiger partial charge in [0.2, 0.25) is 0 Å². The van der Waals surface area contributed by atoms with E-state index in [0.29, 0.717) is 22.3 Å². The highest BCUT2D eigenvalue weighted by atomic mass is 16.5. The van der Waals surface area contributed by atoms with Gasteiger partial charge in [0, 0.05) is 12.1 Å². The second-order valence-electron chi connectivity index (χ2n) is 8.23. The topological polar surface area (TPSA) is 141 Å². The molecule has 36 heavy (non-hydrogen) atoms. The zero-order chi connectivity index (χ0) is 25.2. The molecule has 0 radical (unpaired) electrons. The van der Waals surface area contributed by atoms with Gasteiger partial charge in [-0.1, -0.05) is 42.5 Å². The van der Waals surface area contributed by atoms with Crippen molar-refractivity contribution in [3.05, 3.63) is 100.0 Å². The third-order valence-corrected chi connectivity index (χ3v) is 5.83. The lowest BCUT2D eigenvalue weighted by Gasteiger charge is -2.24. The van der Waals surface area contributed by atoms with Gasteiger partial charge in [0.1, 0.15) is 6.04 Å². The number of rotatable bonds is 7. The normalized spacial score (nSPS) is 13.5. The third-order valence-electron chi connectivity index (χ3n) is 5.83. The Morgan fingerprint density at radius 3 is 2.17 bits per heavy atom. The number of amides is 3. The number of hydrogen-bond donors (Lipinski definition) is 3. The summed E-state index contributed by atoms with van der Waals surface area (Å²) in [5, 5.41) is 2.59. The Labute approximate surface area is 203 Å². The largest absolute Gasteiger partial charge is 0.454 e.